The van der Waals surface area contributed by atoms with Gasteiger partial charge in [-0.05, 0) is 109 Å². The van der Waals surface area contributed by atoms with Gasteiger partial charge in [0.05, 0.1) is 22.3 Å². The smallest absolute Gasteiger partial charge is 0.339 e. The number of aryl methyl sites for hydroxylation is 1. The molecule has 15 nitrogen and oxygen atoms in total. The van der Waals surface area contributed by atoms with Gasteiger partial charge in [-0.2, -0.15) is 0 Å². The maximum absolute atomic E-state index is 14.0. The van der Waals surface area contributed by atoms with E-state index in [-0.39, 0.29) is 50.5 Å². The van der Waals surface area contributed by atoms with E-state index in [4.69, 9.17) is 9.47 Å². The van der Waals surface area contributed by atoms with Gasteiger partial charge in [-0.3, -0.25) is 33.6 Å². The van der Waals surface area contributed by atoms with E-state index in [1.165, 1.54) is 49.5 Å². The Kier molecular flexibility index (Phi) is 14.6. The van der Waals surface area contributed by atoms with Crippen LogP contribution < -0.4 is 21.3 Å². The minimum Gasteiger partial charge on any atom is -0.454 e. The third-order valence-electron chi connectivity index (χ3n) is 9.88. The van der Waals surface area contributed by atoms with Crippen LogP contribution in [0.1, 0.15) is 83.6 Å². The van der Waals surface area contributed by atoms with Crippen LogP contribution in [0, 0.1) is 6.92 Å². The maximum atomic E-state index is 14.0. The largest absolute Gasteiger partial charge is 0.454 e. The van der Waals surface area contributed by atoms with E-state index in [0.717, 1.165) is 46.7 Å². The number of nitrogens with one attached hydrogen (secondary N) is 4. The van der Waals surface area contributed by atoms with Gasteiger partial charge in [0.25, 0.3) is 23.6 Å². The normalized spacial score (nSPS) is 10.5. The highest BCUT2D eigenvalue weighted by Crippen LogP contribution is 2.25. The highest BCUT2D eigenvalue weighted by molar-refractivity contribution is 6.17. The van der Waals surface area contributed by atoms with Crippen molar-refractivity contribution >= 4 is 80.8 Å². The van der Waals surface area contributed by atoms with Gasteiger partial charge in [0.2, 0.25) is 0 Å². The summed E-state index contributed by atoms with van der Waals surface area (Å²) in [7, 11) is 1.30. The lowest BCUT2D eigenvalue weighted by atomic mass is 9.95. The van der Waals surface area contributed by atoms with Crippen molar-refractivity contribution in [2.45, 2.75) is 6.92 Å². The molecule has 0 unspecified atom stereocenters. The third kappa shape index (κ3) is 11.3. The fourth-order valence-electron chi connectivity index (χ4n) is 6.48. The fourth-order valence-corrected chi connectivity index (χ4v) is 6.48. The van der Waals surface area contributed by atoms with Crippen LogP contribution in [0.25, 0.3) is 10.8 Å². The Balaban J connectivity index is 1.22. The van der Waals surface area contributed by atoms with Crippen LogP contribution >= 0.6 is 0 Å². The molecule has 0 aliphatic carbocycles. The number of esters is 2. The van der Waals surface area contributed by atoms with Crippen LogP contribution in [-0.2, 0) is 19.1 Å². The molecule has 0 spiro atoms. The Morgan fingerprint density at radius 3 is 1.41 bits per heavy atom. The van der Waals surface area contributed by atoms with Crippen LogP contribution in [0.5, 0.6) is 0 Å². The number of amides is 4. The van der Waals surface area contributed by atoms with Crippen molar-refractivity contribution in [1.82, 2.24) is 5.32 Å². The van der Waals surface area contributed by atoms with E-state index in [9.17, 15) is 43.2 Å². The van der Waals surface area contributed by atoms with Crippen molar-refractivity contribution in [1.29, 1.82) is 0 Å². The SMILES string of the molecule is C=CC(=O)COC(=O)c1ccc(C(=O)c2ccc(C(=O)OCC(=O)C=C)c(C(=O)Nc3cccc(C(=O)Nc4ccc5cc(NC(=O)c6cccc(C)c6)ccc5c4)c3)c2)cc1C(=O)NC. The molecule has 0 saturated heterocycles. The summed E-state index contributed by atoms with van der Waals surface area (Å²) in [6.45, 7) is 7.27. The van der Waals surface area contributed by atoms with E-state index in [1.807, 2.05) is 31.2 Å². The molecule has 0 radical (unpaired) electrons. The number of hydrogen-bond donors (Lipinski definition) is 4. The molecule has 0 bridgehead atoms. The lowest BCUT2D eigenvalue weighted by molar-refractivity contribution is -0.118. The molecule has 0 aliphatic heterocycles. The first-order valence-electron chi connectivity index (χ1n) is 20.0. The molecule has 0 aromatic heterocycles. The molecule has 6 rings (SSSR count). The molecule has 0 atom stereocenters. The molecule has 66 heavy (non-hydrogen) atoms. The van der Waals surface area contributed by atoms with Gasteiger partial charge in [0.1, 0.15) is 0 Å². The van der Waals surface area contributed by atoms with Crippen LogP contribution in [0.4, 0.5) is 17.1 Å². The van der Waals surface area contributed by atoms with Crippen molar-refractivity contribution in [3.8, 4) is 0 Å². The second kappa shape index (κ2) is 20.8. The van der Waals surface area contributed by atoms with Gasteiger partial charge in [-0.15, -0.1) is 0 Å². The first kappa shape index (κ1) is 46.4. The minimum atomic E-state index is -1.07. The van der Waals surface area contributed by atoms with E-state index in [0.29, 0.717) is 16.9 Å². The average molecular weight is 885 g/mol. The fraction of sp³-hybridized carbons (Fsp3) is 0.0784. The Morgan fingerprint density at radius 1 is 0.470 bits per heavy atom. The summed E-state index contributed by atoms with van der Waals surface area (Å²) in [5.41, 5.74) is 1.48. The molecule has 6 aromatic rings. The quantitative estimate of drug-likeness (QED) is 0.0404. The number of benzene rings is 6. The molecule has 0 aliphatic rings. The number of rotatable bonds is 17. The van der Waals surface area contributed by atoms with Gasteiger partial charge in [0, 0.05) is 46.4 Å². The second-order valence-corrected chi connectivity index (χ2v) is 14.5. The van der Waals surface area contributed by atoms with Gasteiger partial charge in [0.15, 0.2) is 30.6 Å². The molecule has 0 fully saturated rings. The summed E-state index contributed by atoms with van der Waals surface area (Å²) >= 11 is 0. The zero-order valence-electron chi connectivity index (χ0n) is 35.5. The van der Waals surface area contributed by atoms with Crippen LogP contribution in [-0.4, -0.2) is 73.2 Å². The Hall–Kier alpha value is -9.11. The number of carbonyl (C=O) groups excluding carboxylic acids is 9. The third-order valence-corrected chi connectivity index (χ3v) is 9.88. The predicted molar refractivity (Wildman–Crippen MR) is 246 cm³/mol. The standard InChI is InChI=1S/C51H40N4O11/c1-5-39(56)27-65-50(63)41-19-15-32(25-43(41)48(61)52-4)45(58)33-16-20-42(51(64)66-28-40(57)6-2)44(26-33)49(62)55-36-12-8-11-35(24-36)47(60)54-38-18-14-30-22-37(17-13-31(30)23-38)53-46(59)34-10-7-9-29(3)21-34/h5-26H,1-2,27-28H2,3-4H3,(H,52,61)(H,53,59)(H,54,60)(H,55,62). The highest BCUT2D eigenvalue weighted by atomic mass is 16.5. The van der Waals surface area contributed by atoms with E-state index >= 15 is 0 Å². The van der Waals surface area contributed by atoms with Crippen molar-refractivity contribution in [2.75, 3.05) is 36.2 Å². The topological polar surface area (TPSA) is 220 Å². The number of hydrogen-bond acceptors (Lipinski definition) is 11. The summed E-state index contributed by atoms with van der Waals surface area (Å²) in [5.74, 6) is -6.40. The lowest BCUT2D eigenvalue weighted by Gasteiger charge is -2.13. The molecule has 4 amide bonds. The molecule has 6 aromatic carbocycles. The molecular weight excluding hydrogens is 845 g/mol. The van der Waals surface area contributed by atoms with E-state index < -0.39 is 60.2 Å². The number of ether oxygens (including phenoxy) is 2. The lowest BCUT2D eigenvalue weighted by Crippen LogP contribution is -2.23. The Bertz CT molecular complexity index is 3030. The monoisotopic (exact) mass is 884 g/mol. The Morgan fingerprint density at radius 2 is 0.924 bits per heavy atom. The van der Waals surface area contributed by atoms with Gasteiger partial charge in [-0.1, -0.05) is 61.2 Å². The maximum Gasteiger partial charge on any atom is 0.339 e. The second-order valence-electron chi connectivity index (χ2n) is 14.5. The molecule has 4 N–H and O–H groups in total. The number of ketones is 3. The zero-order valence-corrected chi connectivity index (χ0v) is 35.5. The molecule has 0 saturated carbocycles. The average Bonchev–Trinajstić information content (AvgIpc) is 3.33. The van der Waals surface area contributed by atoms with Crippen LogP contribution in [0.3, 0.4) is 0 Å². The number of carbonyl (C=O) groups is 9. The van der Waals surface area contributed by atoms with E-state index in [2.05, 4.69) is 34.4 Å². The summed E-state index contributed by atoms with van der Waals surface area (Å²) < 4.78 is 10.1. The van der Waals surface area contributed by atoms with Crippen molar-refractivity contribution in [3.05, 3.63) is 197 Å². The molecular formula is C51H40N4O11. The summed E-state index contributed by atoms with van der Waals surface area (Å²) in [6, 6.07) is 30.9. The minimum absolute atomic E-state index is 0.0946. The van der Waals surface area contributed by atoms with Gasteiger partial charge >= 0.3 is 11.9 Å². The van der Waals surface area contributed by atoms with Crippen molar-refractivity contribution in [3.63, 3.8) is 0 Å². The van der Waals surface area contributed by atoms with Crippen LogP contribution in [0.2, 0.25) is 0 Å². The first-order valence-corrected chi connectivity index (χ1v) is 20.0. The molecule has 15 heteroatoms. The van der Waals surface area contributed by atoms with Gasteiger partial charge < -0.3 is 30.7 Å². The van der Waals surface area contributed by atoms with Crippen molar-refractivity contribution in [2.24, 2.45) is 0 Å². The highest BCUT2D eigenvalue weighted by Gasteiger charge is 2.25. The van der Waals surface area contributed by atoms with E-state index in [1.54, 1.807) is 36.4 Å². The van der Waals surface area contributed by atoms with Crippen molar-refractivity contribution < 1.29 is 52.6 Å². The first-order chi connectivity index (χ1) is 31.7. The predicted octanol–water partition coefficient (Wildman–Crippen LogP) is 7.32. The Labute approximate surface area is 377 Å². The summed E-state index contributed by atoms with van der Waals surface area (Å²) in [4.78, 5) is 116. The molecule has 330 valence electrons. The summed E-state index contributed by atoms with van der Waals surface area (Å²) in [6.07, 6.45) is 1.92. The number of anilines is 3. The summed E-state index contributed by atoms with van der Waals surface area (Å²) in [5, 5.41) is 12.4. The van der Waals surface area contributed by atoms with Crippen LogP contribution in [0.15, 0.2) is 147 Å². The number of fused-ring (bicyclic) bond motifs is 1. The molecule has 0 heterocycles. The van der Waals surface area contributed by atoms with Gasteiger partial charge in [-0.25, -0.2) is 9.59 Å². The zero-order chi connectivity index (χ0) is 47.5.